The van der Waals surface area contributed by atoms with Crippen LogP contribution in [0.25, 0.3) is 0 Å². The van der Waals surface area contributed by atoms with E-state index in [0.29, 0.717) is 6.07 Å². The Hall–Kier alpha value is -1.95. The Morgan fingerprint density at radius 2 is 1.43 bits per heavy atom. The summed E-state index contributed by atoms with van der Waals surface area (Å²) in [6.07, 6.45) is -8.91. The molecule has 0 amide bonds. The second kappa shape index (κ2) is 10.9. The van der Waals surface area contributed by atoms with Crippen LogP contribution in [0.1, 0.15) is 17.5 Å². The zero-order valence-electron chi connectivity index (χ0n) is 15.1. The van der Waals surface area contributed by atoms with E-state index in [0.717, 1.165) is 12.1 Å². The van der Waals surface area contributed by atoms with E-state index >= 15 is 0 Å². The van der Waals surface area contributed by atoms with Gasteiger partial charge < -0.3 is 14.6 Å². The number of aromatic hydroxyl groups is 1. The van der Waals surface area contributed by atoms with E-state index in [9.17, 15) is 31.1 Å². The summed E-state index contributed by atoms with van der Waals surface area (Å²) in [4.78, 5) is 10.8. The van der Waals surface area contributed by atoms with Gasteiger partial charge in [-0.25, -0.2) is 0 Å². The third-order valence-electron chi connectivity index (χ3n) is 3.30. The van der Waals surface area contributed by atoms with Crippen molar-refractivity contribution in [3.8, 4) is 11.5 Å². The van der Waals surface area contributed by atoms with Crippen molar-refractivity contribution in [2.45, 2.75) is 18.8 Å². The van der Waals surface area contributed by atoms with Crippen LogP contribution in [0.5, 0.6) is 11.5 Å². The minimum Gasteiger partial charge on any atom is -0.508 e. The Morgan fingerprint density at radius 1 is 0.933 bits per heavy atom. The van der Waals surface area contributed by atoms with E-state index in [2.05, 4.69) is 36.6 Å². The lowest BCUT2D eigenvalue weighted by Gasteiger charge is -2.11. The third kappa shape index (κ3) is 8.42. The molecule has 30 heavy (non-hydrogen) atoms. The van der Waals surface area contributed by atoms with Crippen molar-refractivity contribution in [2.24, 2.45) is 0 Å². The highest BCUT2D eigenvalue weighted by atomic mass is 79.9. The molecule has 0 aliphatic heterocycles. The zero-order chi connectivity index (χ0) is 23.1. The summed E-state index contributed by atoms with van der Waals surface area (Å²) in [5.74, 6) is -0.830. The maximum Gasteiger partial charge on any atom is 0.417 e. The van der Waals surface area contributed by atoms with E-state index < -0.39 is 35.2 Å². The number of carbonyl (C=O) groups excluding carboxylic acids is 1. The Kier molecular flexibility index (Phi) is 9.47. The van der Waals surface area contributed by atoms with Gasteiger partial charge in [-0.05, 0) is 36.4 Å². The molecule has 0 heterocycles. The van der Waals surface area contributed by atoms with Crippen LogP contribution >= 0.6 is 31.9 Å². The topological polar surface area (TPSA) is 55.8 Å². The number of hydrogen-bond acceptors (Lipinski definition) is 4. The molecule has 2 aromatic carbocycles. The first-order valence-corrected chi connectivity index (χ1v) is 9.46. The summed E-state index contributed by atoms with van der Waals surface area (Å²) in [5.41, 5.74) is -1.69. The molecule has 0 fully saturated rings. The number of carbonyl (C=O) groups is 1. The van der Waals surface area contributed by atoms with Crippen LogP contribution in [0.15, 0.2) is 45.3 Å². The average Bonchev–Trinajstić information content (AvgIpc) is 2.63. The molecule has 2 aromatic rings. The zero-order valence-corrected chi connectivity index (χ0v) is 18.2. The van der Waals surface area contributed by atoms with E-state index in [1.165, 1.54) is 25.3 Å². The predicted molar refractivity (Wildman–Crippen MR) is 102 cm³/mol. The SMILES string of the molecule is COC(=O)CCOc1ccc(Br)c(C(F)(F)F)c1.Oc1ccc(Br)c(C(F)(F)F)c1. The number of esters is 1. The van der Waals surface area contributed by atoms with Gasteiger partial charge in [0.15, 0.2) is 0 Å². The smallest absolute Gasteiger partial charge is 0.417 e. The number of ether oxygens (including phenoxy) is 2. The summed E-state index contributed by atoms with van der Waals surface area (Å²) >= 11 is 5.55. The van der Waals surface area contributed by atoms with Crippen molar-refractivity contribution in [1.82, 2.24) is 0 Å². The van der Waals surface area contributed by atoms with Crippen molar-refractivity contribution in [3.63, 3.8) is 0 Å². The summed E-state index contributed by atoms with van der Waals surface area (Å²) < 4.78 is 83.3. The van der Waals surface area contributed by atoms with Crippen LogP contribution in [0.3, 0.4) is 0 Å². The van der Waals surface area contributed by atoms with E-state index in [1.807, 2.05) is 0 Å². The molecule has 0 saturated heterocycles. The van der Waals surface area contributed by atoms with Crippen LogP contribution in [-0.2, 0) is 21.9 Å². The highest BCUT2D eigenvalue weighted by molar-refractivity contribution is 9.10. The molecule has 0 unspecified atom stereocenters. The van der Waals surface area contributed by atoms with E-state index in [-0.39, 0.29) is 27.7 Å². The number of benzene rings is 2. The number of methoxy groups -OCH3 is 1. The van der Waals surface area contributed by atoms with Gasteiger partial charge in [0, 0.05) is 8.95 Å². The summed E-state index contributed by atoms with van der Waals surface area (Å²) in [6, 6.07) is 6.51. The highest BCUT2D eigenvalue weighted by Gasteiger charge is 2.34. The maximum absolute atomic E-state index is 12.6. The Bertz CT molecular complexity index is 869. The second-order valence-corrected chi connectivity index (χ2v) is 7.18. The summed E-state index contributed by atoms with van der Waals surface area (Å²) in [5, 5.41) is 8.78. The van der Waals surface area contributed by atoms with Crippen molar-refractivity contribution < 1.29 is 45.7 Å². The van der Waals surface area contributed by atoms with Crippen molar-refractivity contribution in [2.75, 3.05) is 13.7 Å². The molecule has 1 N–H and O–H groups in total. The molecule has 0 bridgehead atoms. The number of rotatable bonds is 4. The molecule has 0 saturated carbocycles. The number of phenols is 1. The van der Waals surface area contributed by atoms with Crippen LogP contribution in [-0.4, -0.2) is 24.8 Å². The van der Waals surface area contributed by atoms with Gasteiger partial charge in [-0.15, -0.1) is 0 Å². The normalized spacial score (nSPS) is 11.4. The fourth-order valence-corrected chi connectivity index (χ4v) is 2.84. The Balaban J connectivity index is 0.000000325. The van der Waals surface area contributed by atoms with Gasteiger partial charge in [0.2, 0.25) is 0 Å². The molecule has 0 atom stereocenters. The summed E-state index contributed by atoms with van der Waals surface area (Å²) in [7, 11) is 1.23. The Labute approximate surface area is 184 Å². The van der Waals surface area contributed by atoms with Crippen LogP contribution in [0, 0.1) is 0 Å². The monoisotopic (exact) mass is 566 g/mol. The first-order valence-electron chi connectivity index (χ1n) is 7.87. The van der Waals surface area contributed by atoms with Gasteiger partial charge in [0.1, 0.15) is 11.5 Å². The molecule has 0 aliphatic rings. The molecule has 0 spiro atoms. The van der Waals surface area contributed by atoms with Crippen LogP contribution < -0.4 is 4.74 Å². The lowest BCUT2D eigenvalue weighted by Crippen LogP contribution is -2.09. The third-order valence-corrected chi connectivity index (χ3v) is 4.68. The molecular formula is C18H14Br2F6O4. The van der Waals surface area contributed by atoms with Gasteiger partial charge in [-0.2, -0.15) is 26.3 Å². The van der Waals surface area contributed by atoms with Crippen LogP contribution in [0.2, 0.25) is 0 Å². The minimum absolute atomic E-state index is 0.0199. The van der Waals surface area contributed by atoms with Crippen molar-refractivity contribution in [1.29, 1.82) is 0 Å². The summed E-state index contributed by atoms with van der Waals surface area (Å²) in [6.45, 7) is -0.0361. The first kappa shape index (κ1) is 26.1. The highest BCUT2D eigenvalue weighted by Crippen LogP contribution is 2.37. The standard InChI is InChI=1S/C11H10BrF3O3.C7H4BrF3O/c1-17-10(16)4-5-18-7-2-3-9(12)8(6-7)11(13,14)15;8-6-2-1-4(12)3-5(6)7(9,10)11/h2-3,6H,4-5H2,1H3;1-3,12H. The Morgan fingerprint density at radius 3 is 1.90 bits per heavy atom. The number of halogens is 8. The number of phenolic OH excluding ortho intramolecular Hbond substituents is 1. The lowest BCUT2D eigenvalue weighted by molar-refractivity contribution is -0.141. The number of alkyl halides is 6. The molecule has 0 aromatic heterocycles. The molecule has 166 valence electrons. The first-order chi connectivity index (χ1) is 13.8. The van der Waals surface area contributed by atoms with Gasteiger partial charge >= 0.3 is 18.3 Å². The second-order valence-electron chi connectivity index (χ2n) is 5.48. The predicted octanol–water partition coefficient (Wildman–Crippen LogP) is 6.58. The van der Waals surface area contributed by atoms with E-state index in [4.69, 9.17) is 9.84 Å². The van der Waals surface area contributed by atoms with Gasteiger partial charge in [-0.3, -0.25) is 4.79 Å². The van der Waals surface area contributed by atoms with Crippen molar-refractivity contribution >= 4 is 37.8 Å². The minimum atomic E-state index is -4.46. The molecule has 12 heteroatoms. The molecule has 2 rings (SSSR count). The lowest BCUT2D eigenvalue weighted by atomic mass is 10.2. The van der Waals surface area contributed by atoms with Gasteiger partial charge in [0.25, 0.3) is 0 Å². The average molecular weight is 568 g/mol. The quantitative estimate of drug-likeness (QED) is 0.335. The maximum atomic E-state index is 12.6. The molecule has 0 aliphatic carbocycles. The van der Waals surface area contributed by atoms with Gasteiger partial charge in [-0.1, -0.05) is 31.9 Å². The van der Waals surface area contributed by atoms with E-state index in [1.54, 1.807) is 0 Å². The number of hydrogen-bond donors (Lipinski definition) is 1. The fraction of sp³-hybridized carbons (Fsp3) is 0.278. The van der Waals surface area contributed by atoms with Crippen LogP contribution in [0.4, 0.5) is 26.3 Å². The molecular weight excluding hydrogens is 554 g/mol. The van der Waals surface area contributed by atoms with Gasteiger partial charge in [0.05, 0.1) is 31.3 Å². The fourth-order valence-electron chi connectivity index (χ4n) is 1.90. The van der Waals surface area contributed by atoms with Crippen molar-refractivity contribution in [3.05, 3.63) is 56.5 Å². The molecule has 0 radical (unpaired) electrons. The largest absolute Gasteiger partial charge is 0.508 e. The molecule has 4 nitrogen and oxygen atoms in total.